The molecule has 1 aromatic rings. The van der Waals surface area contributed by atoms with Gasteiger partial charge in [0.2, 0.25) is 5.91 Å². The van der Waals surface area contributed by atoms with E-state index in [-0.39, 0.29) is 5.91 Å². The lowest BCUT2D eigenvalue weighted by atomic mass is 10.2. The van der Waals surface area contributed by atoms with Crippen molar-refractivity contribution in [3.05, 3.63) is 18.5 Å². The zero-order valence-electron chi connectivity index (χ0n) is 7.48. The van der Waals surface area contributed by atoms with Crippen molar-refractivity contribution in [3.63, 3.8) is 0 Å². The SMILES string of the molecule is CC(C)(S)C(=O)Nc1ccnnc1. The van der Waals surface area contributed by atoms with Gasteiger partial charge < -0.3 is 5.32 Å². The van der Waals surface area contributed by atoms with Gasteiger partial charge in [-0.05, 0) is 19.9 Å². The third kappa shape index (κ3) is 3.02. The van der Waals surface area contributed by atoms with Crippen molar-refractivity contribution in [3.8, 4) is 0 Å². The number of aromatic nitrogens is 2. The number of amides is 1. The second kappa shape index (κ2) is 3.74. The first-order valence-electron chi connectivity index (χ1n) is 3.80. The van der Waals surface area contributed by atoms with Gasteiger partial charge in [0.15, 0.2) is 0 Å². The van der Waals surface area contributed by atoms with E-state index in [4.69, 9.17) is 0 Å². The van der Waals surface area contributed by atoms with Crippen molar-refractivity contribution >= 4 is 24.2 Å². The van der Waals surface area contributed by atoms with Crippen LogP contribution in [0.25, 0.3) is 0 Å². The summed E-state index contributed by atoms with van der Waals surface area (Å²) in [5, 5.41) is 9.89. The molecular weight excluding hydrogens is 186 g/mol. The predicted octanol–water partition coefficient (Wildman–Crippen LogP) is 1.12. The highest BCUT2D eigenvalue weighted by Crippen LogP contribution is 2.14. The van der Waals surface area contributed by atoms with Gasteiger partial charge in [0, 0.05) is 0 Å². The molecule has 1 N–H and O–H groups in total. The van der Waals surface area contributed by atoms with Crippen LogP contribution in [-0.2, 0) is 4.79 Å². The van der Waals surface area contributed by atoms with Crippen molar-refractivity contribution in [1.29, 1.82) is 0 Å². The molecule has 0 aliphatic carbocycles. The van der Waals surface area contributed by atoms with Gasteiger partial charge in [-0.1, -0.05) is 0 Å². The standard InChI is InChI=1S/C8H11N3OS/c1-8(2,13)7(12)11-6-3-4-9-10-5-6/h3-5,13H,1-2H3,(H,9,11,12). The maximum atomic E-state index is 11.4. The minimum atomic E-state index is -0.691. The topological polar surface area (TPSA) is 54.9 Å². The molecule has 1 aromatic heterocycles. The molecule has 1 heterocycles. The van der Waals surface area contributed by atoms with Crippen LogP contribution in [0.4, 0.5) is 5.69 Å². The lowest BCUT2D eigenvalue weighted by Gasteiger charge is -2.16. The van der Waals surface area contributed by atoms with Gasteiger partial charge in [0.05, 0.1) is 22.8 Å². The van der Waals surface area contributed by atoms with E-state index in [0.717, 1.165) is 0 Å². The predicted molar refractivity (Wildman–Crippen MR) is 53.7 cm³/mol. The number of nitrogens with one attached hydrogen (secondary N) is 1. The highest BCUT2D eigenvalue weighted by molar-refractivity contribution is 7.82. The Bertz CT molecular complexity index is 294. The average molecular weight is 197 g/mol. The number of hydrogen-bond donors (Lipinski definition) is 2. The third-order valence-electron chi connectivity index (χ3n) is 1.40. The lowest BCUT2D eigenvalue weighted by molar-refractivity contribution is -0.117. The van der Waals surface area contributed by atoms with E-state index < -0.39 is 4.75 Å². The number of anilines is 1. The smallest absolute Gasteiger partial charge is 0.239 e. The second-order valence-electron chi connectivity index (χ2n) is 3.14. The van der Waals surface area contributed by atoms with Crippen LogP contribution in [-0.4, -0.2) is 20.9 Å². The van der Waals surface area contributed by atoms with Gasteiger partial charge >= 0.3 is 0 Å². The molecule has 0 aromatic carbocycles. The van der Waals surface area contributed by atoms with Crippen LogP contribution in [0.1, 0.15) is 13.8 Å². The molecule has 4 nitrogen and oxygen atoms in total. The van der Waals surface area contributed by atoms with E-state index in [1.165, 1.54) is 12.4 Å². The fourth-order valence-electron chi connectivity index (χ4n) is 0.649. The van der Waals surface area contributed by atoms with Crippen LogP contribution in [0.2, 0.25) is 0 Å². The van der Waals surface area contributed by atoms with Crippen LogP contribution in [0.3, 0.4) is 0 Å². The van der Waals surface area contributed by atoms with Crippen molar-refractivity contribution in [2.75, 3.05) is 5.32 Å². The zero-order valence-corrected chi connectivity index (χ0v) is 8.38. The van der Waals surface area contributed by atoms with Crippen molar-refractivity contribution in [1.82, 2.24) is 10.2 Å². The van der Waals surface area contributed by atoms with Gasteiger partial charge in [-0.3, -0.25) is 4.79 Å². The summed E-state index contributed by atoms with van der Waals surface area (Å²) in [6.07, 6.45) is 3.00. The van der Waals surface area contributed by atoms with Crippen LogP contribution in [0.5, 0.6) is 0 Å². The van der Waals surface area contributed by atoms with Crippen LogP contribution < -0.4 is 5.32 Å². The molecule has 0 fully saturated rings. The Hall–Kier alpha value is -1.10. The van der Waals surface area contributed by atoms with E-state index in [1.807, 2.05) is 0 Å². The van der Waals surface area contributed by atoms with E-state index >= 15 is 0 Å². The first kappa shape index (κ1) is 9.98. The van der Waals surface area contributed by atoms with Gasteiger partial charge in [-0.25, -0.2) is 0 Å². The molecule has 1 rings (SSSR count). The zero-order chi connectivity index (χ0) is 9.90. The molecule has 5 heteroatoms. The van der Waals surface area contributed by atoms with Crippen molar-refractivity contribution in [2.45, 2.75) is 18.6 Å². The molecule has 0 aliphatic rings. The summed E-state index contributed by atoms with van der Waals surface area (Å²) in [5.41, 5.74) is 0.627. The molecule has 0 saturated carbocycles. The average Bonchev–Trinajstić information content (AvgIpc) is 2.04. The number of carbonyl (C=O) groups is 1. The van der Waals surface area contributed by atoms with Crippen LogP contribution >= 0.6 is 12.6 Å². The molecule has 0 bridgehead atoms. The van der Waals surface area contributed by atoms with Gasteiger partial charge in [-0.2, -0.15) is 22.8 Å². The second-order valence-corrected chi connectivity index (χ2v) is 4.26. The van der Waals surface area contributed by atoms with Crippen LogP contribution in [0, 0.1) is 0 Å². The first-order chi connectivity index (χ1) is 6.00. The number of nitrogens with zero attached hydrogens (tertiary/aromatic N) is 2. The van der Waals surface area contributed by atoms with E-state index in [9.17, 15) is 4.79 Å². The molecule has 1 amide bonds. The largest absolute Gasteiger partial charge is 0.323 e. The Morgan fingerprint density at radius 3 is 2.69 bits per heavy atom. The highest BCUT2D eigenvalue weighted by atomic mass is 32.1. The van der Waals surface area contributed by atoms with Gasteiger partial charge in [0.1, 0.15) is 0 Å². The third-order valence-corrected chi connectivity index (χ3v) is 1.60. The van der Waals surface area contributed by atoms with E-state index in [0.29, 0.717) is 5.69 Å². The lowest BCUT2D eigenvalue weighted by Crippen LogP contribution is -2.31. The minimum Gasteiger partial charge on any atom is -0.323 e. The summed E-state index contributed by atoms with van der Waals surface area (Å²) in [4.78, 5) is 11.4. The number of carbonyl (C=O) groups excluding carboxylic acids is 1. The molecule has 0 spiro atoms. The maximum absolute atomic E-state index is 11.4. The van der Waals surface area contributed by atoms with E-state index in [1.54, 1.807) is 19.9 Å². The molecule has 0 atom stereocenters. The maximum Gasteiger partial charge on any atom is 0.239 e. The summed E-state index contributed by atoms with van der Waals surface area (Å²) in [5.74, 6) is -0.163. The number of rotatable bonds is 2. The molecule has 70 valence electrons. The minimum absolute atomic E-state index is 0.163. The molecule has 0 saturated heterocycles. The molecule has 0 aliphatic heterocycles. The summed E-state index contributed by atoms with van der Waals surface area (Å²) in [7, 11) is 0. The molecular formula is C8H11N3OS. The van der Waals surface area contributed by atoms with Crippen molar-refractivity contribution < 1.29 is 4.79 Å². The molecule has 0 radical (unpaired) electrons. The summed E-state index contributed by atoms with van der Waals surface area (Å²) >= 11 is 4.13. The Morgan fingerprint density at radius 1 is 1.54 bits per heavy atom. The summed E-state index contributed by atoms with van der Waals surface area (Å²) in [6, 6.07) is 1.67. The van der Waals surface area contributed by atoms with E-state index in [2.05, 4.69) is 28.1 Å². The molecule has 0 unspecified atom stereocenters. The van der Waals surface area contributed by atoms with Gasteiger partial charge in [-0.15, -0.1) is 0 Å². The molecule has 13 heavy (non-hydrogen) atoms. The van der Waals surface area contributed by atoms with Gasteiger partial charge in [0.25, 0.3) is 0 Å². The fourth-order valence-corrected chi connectivity index (χ4v) is 0.705. The Kier molecular flexibility index (Phi) is 2.87. The Labute approximate surface area is 82.2 Å². The number of thiol groups is 1. The van der Waals surface area contributed by atoms with Crippen molar-refractivity contribution in [2.24, 2.45) is 0 Å². The number of hydrogen-bond acceptors (Lipinski definition) is 4. The summed E-state index contributed by atoms with van der Waals surface area (Å²) in [6.45, 7) is 3.44. The van der Waals surface area contributed by atoms with Crippen LogP contribution in [0.15, 0.2) is 18.5 Å². The first-order valence-corrected chi connectivity index (χ1v) is 4.25. The summed E-state index contributed by atoms with van der Waals surface area (Å²) < 4.78 is -0.691. The Morgan fingerprint density at radius 2 is 2.23 bits per heavy atom. The normalized spacial score (nSPS) is 11.0. The Balaban J connectivity index is 2.66. The highest BCUT2D eigenvalue weighted by Gasteiger charge is 2.22. The quantitative estimate of drug-likeness (QED) is 0.699. The fraction of sp³-hybridized carbons (Fsp3) is 0.375. The monoisotopic (exact) mass is 197 g/mol.